The maximum Gasteiger partial charge on any atom is 0.349 e. The fourth-order valence-corrected chi connectivity index (χ4v) is 1.77. The van der Waals surface area contributed by atoms with E-state index in [0.29, 0.717) is 5.56 Å². The van der Waals surface area contributed by atoms with E-state index >= 15 is 0 Å². The number of benzene rings is 2. The Morgan fingerprint density at radius 2 is 1.52 bits per heavy atom. The molecule has 21 heavy (non-hydrogen) atoms. The van der Waals surface area contributed by atoms with E-state index in [1.807, 2.05) is 30.3 Å². The number of aliphatic carboxylic acids is 1. The van der Waals surface area contributed by atoms with Crippen molar-refractivity contribution < 1.29 is 19.4 Å². The van der Waals surface area contributed by atoms with Gasteiger partial charge in [-0.25, -0.2) is 9.59 Å². The van der Waals surface area contributed by atoms with Gasteiger partial charge in [0.1, 0.15) is 0 Å². The molecule has 0 fully saturated rings. The zero-order chi connectivity index (χ0) is 15.1. The monoisotopic (exact) mass is 282 g/mol. The molecule has 0 radical (unpaired) electrons. The molecule has 1 atom stereocenters. The van der Waals surface area contributed by atoms with E-state index in [4.69, 9.17) is 9.84 Å². The molecule has 0 spiro atoms. The number of carboxylic acids is 1. The Bertz CT molecular complexity index is 632. The molecule has 106 valence electrons. The minimum Gasteiger partial charge on any atom is -0.478 e. The van der Waals surface area contributed by atoms with Crippen molar-refractivity contribution in [1.82, 2.24) is 0 Å². The van der Waals surface area contributed by atoms with Crippen LogP contribution < -0.4 is 0 Å². The van der Waals surface area contributed by atoms with Crippen molar-refractivity contribution in [1.29, 1.82) is 0 Å². The summed E-state index contributed by atoms with van der Waals surface area (Å²) < 4.78 is 4.99. The van der Waals surface area contributed by atoms with Crippen molar-refractivity contribution in [3.63, 3.8) is 0 Å². The molecule has 2 aromatic carbocycles. The van der Waals surface area contributed by atoms with Gasteiger partial charge in [0.25, 0.3) is 0 Å². The van der Waals surface area contributed by atoms with Crippen LogP contribution in [0.15, 0.2) is 66.7 Å². The molecule has 0 unspecified atom stereocenters. The van der Waals surface area contributed by atoms with Crippen molar-refractivity contribution in [2.24, 2.45) is 0 Å². The third-order valence-corrected chi connectivity index (χ3v) is 2.77. The van der Waals surface area contributed by atoms with E-state index < -0.39 is 18.0 Å². The maximum absolute atomic E-state index is 11.7. The fourth-order valence-electron chi connectivity index (χ4n) is 1.77. The summed E-state index contributed by atoms with van der Waals surface area (Å²) in [7, 11) is 0. The van der Waals surface area contributed by atoms with Crippen LogP contribution in [0.1, 0.15) is 17.2 Å². The molecule has 0 saturated heterocycles. The number of esters is 1. The number of carbonyl (C=O) groups excluding carboxylic acids is 1. The normalized spacial score (nSPS) is 12.0. The molecule has 0 saturated carbocycles. The summed E-state index contributed by atoms with van der Waals surface area (Å²) in [4.78, 5) is 22.9. The third kappa shape index (κ3) is 4.31. The van der Waals surface area contributed by atoms with Crippen LogP contribution in [0.2, 0.25) is 0 Å². The molecule has 0 bridgehead atoms. The highest BCUT2D eigenvalue weighted by Crippen LogP contribution is 2.18. The second-order valence-electron chi connectivity index (χ2n) is 4.31. The molecule has 1 N–H and O–H groups in total. The Morgan fingerprint density at radius 3 is 2.10 bits per heavy atom. The molecule has 0 aromatic heterocycles. The minimum atomic E-state index is -1.31. The minimum absolute atomic E-state index is 0.423. The quantitative estimate of drug-likeness (QED) is 0.676. The summed E-state index contributed by atoms with van der Waals surface area (Å²) in [5.74, 6) is -1.90. The number of ether oxygens (including phenoxy) is 1. The van der Waals surface area contributed by atoms with Crippen LogP contribution in [-0.4, -0.2) is 17.0 Å². The van der Waals surface area contributed by atoms with Gasteiger partial charge in [0.15, 0.2) is 0 Å². The second kappa shape index (κ2) is 7.05. The van der Waals surface area contributed by atoms with Crippen molar-refractivity contribution in [3.05, 3.63) is 77.9 Å². The molecule has 0 aliphatic carbocycles. The van der Waals surface area contributed by atoms with E-state index in [1.165, 1.54) is 6.08 Å². The van der Waals surface area contributed by atoms with Gasteiger partial charge in [-0.1, -0.05) is 60.7 Å². The van der Waals surface area contributed by atoms with Crippen molar-refractivity contribution in [2.45, 2.75) is 6.10 Å². The Hall–Kier alpha value is -2.88. The van der Waals surface area contributed by atoms with Crippen LogP contribution in [0, 0.1) is 0 Å². The van der Waals surface area contributed by atoms with E-state index in [2.05, 4.69) is 0 Å². The van der Waals surface area contributed by atoms with Crippen LogP contribution in [0.4, 0.5) is 0 Å². The predicted molar refractivity (Wildman–Crippen MR) is 78.4 cm³/mol. The molecular weight excluding hydrogens is 268 g/mol. The van der Waals surface area contributed by atoms with Crippen LogP contribution in [0.3, 0.4) is 0 Å². The van der Waals surface area contributed by atoms with Gasteiger partial charge in [0.2, 0.25) is 6.10 Å². The molecular formula is C17H14O4. The third-order valence-electron chi connectivity index (χ3n) is 2.77. The fraction of sp³-hybridized carbons (Fsp3) is 0.0588. The zero-order valence-corrected chi connectivity index (χ0v) is 11.2. The molecule has 0 heterocycles. The number of hydrogen-bond donors (Lipinski definition) is 1. The van der Waals surface area contributed by atoms with E-state index in [1.54, 1.807) is 36.4 Å². The topological polar surface area (TPSA) is 63.6 Å². The van der Waals surface area contributed by atoms with Crippen LogP contribution >= 0.6 is 0 Å². The average Bonchev–Trinajstić information content (AvgIpc) is 2.52. The summed E-state index contributed by atoms with van der Waals surface area (Å²) in [6.45, 7) is 0. The van der Waals surface area contributed by atoms with Gasteiger partial charge in [-0.3, -0.25) is 0 Å². The Morgan fingerprint density at radius 1 is 0.952 bits per heavy atom. The van der Waals surface area contributed by atoms with Gasteiger partial charge in [-0.05, 0) is 11.6 Å². The Kier molecular flexibility index (Phi) is 4.88. The van der Waals surface area contributed by atoms with Crippen molar-refractivity contribution >= 4 is 18.0 Å². The first-order valence-electron chi connectivity index (χ1n) is 6.38. The summed E-state index contributed by atoms with van der Waals surface area (Å²) >= 11 is 0. The highest BCUT2D eigenvalue weighted by molar-refractivity contribution is 5.89. The summed E-state index contributed by atoms with van der Waals surface area (Å²) in [5, 5.41) is 9.16. The molecule has 0 aliphatic heterocycles. The lowest BCUT2D eigenvalue weighted by molar-refractivity contribution is -0.161. The molecule has 2 rings (SSSR count). The van der Waals surface area contributed by atoms with Gasteiger partial charge in [-0.15, -0.1) is 0 Å². The zero-order valence-electron chi connectivity index (χ0n) is 11.2. The Labute approximate surface area is 122 Å². The van der Waals surface area contributed by atoms with Crippen LogP contribution in [-0.2, 0) is 14.3 Å². The lowest BCUT2D eigenvalue weighted by atomic mass is 10.1. The van der Waals surface area contributed by atoms with Crippen molar-refractivity contribution in [3.8, 4) is 0 Å². The molecule has 2 aromatic rings. The molecule has 0 amide bonds. The standard InChI is InChI=1S/C17H14O4/c18-15(12-11-13-7-3-1-4-8-13)21-16(17(19)20)14-9-5-2-6-10-14/h1-12,16H,(H,19,20)/b12-11-/t16-/m0/s1. The van der Waals surface area contributed by atoms with Gasteiger partial charge in [0.05, 0.1) is 0 Å². The lowest BCUT2D eigenvalue weighted by Gasteiger charge is -2.12. The SMILES string of the molecule is O=C(/C=C\c1ccccc1)O[C@H](C(=O)O)c1ccccc1. The second-order valence-corrected chi connectivity index (χ2v) is 4.31. The molecule has 0 aliphatic rings. The van der Waals surface area contributed by atoms with Gasteiger partial charge < -0.3 is 9.84 Å². The first-order valence-corrected chi connectivity index (χ1v) is 6.38. The van der Waals surface area contributed by atoms with Crippen LogP contribution in [0.25, 0.3) is 6.08 Å². The number of carboxylic acid groups (broad SMARTS) is 1. The smallest absolute Gasteiger partial charge is 0.349 e. The lowest BCUT2D eigenvalue weighted by Crippen LogP contribution is -2.18. The summed E-state index contributed by atoms with van der Waals surface area (Å²) in [6.07, 6.45) is 1.49. The summed E-state index contributed by atoms with van der Waals surface area (Å²) in [6, 6.07) is 17.6. The van der Waals surface area contributed by atoms with Gasteiger partial charge in [0, 0.05) is 11.6 Å². The van der Waals surface area contributed by atoms with Crippen molar-refractivity contribution in [2.75, 3.05) is 0 Å². The number of carbonyl (C=O) groups is 2. The van der Waals surface area contributed by atoms with Crippen LogP contribution in [0.5, 0.6) is 0 Å². The molecule has 4 nitrogen and oxygen atoms in total. The largest absolute Gasteiger partial charge is 0.478 e. The molecule has 4 heteroatoms. The average molecular weight is 282 g/mol. The first kappa shape index (κ1) is 14.5. The summed E-state index contributed by atoms with van der Waals surface area (Å²) in [5.41, 5.74) is 1.26. The number of hydrogen-bond acceptors (Lipinski definition) is 3. The van der Waals surface area contributed by atoms with E-state index in [0.717, 1.165) is 5.56 Å². The van der Waals surface area contributed by atoms with Gasteiger partial charge >= 0.3 is 11.9 Å². The van der Waals surface area contributed by atoms with Gasteiger partial charge in [-0.2, -0.15) is 0 Å². The van der Waals surface area contributed by atoms with E-state index in [9.17, 15) is 9.59 Å². The van der Waals surface area contributed by atoms with E-state index in [-0.39, 0.29) is 0 Å². The Balaban J connectivity index is 2.06. The highest BCUT2D eigenvalue weighted by Gasteiger charge is 2.23. The maximum atomic E-state index is 11.7. The number of rotatable bonds is 5. The predicted octanol–water partition coefficient (Wildman–Crippen LogP) is 3.07. The first-order chi connectivity index (χ1) is 10.2. The highest BCUT2D eigenvalue weighted by atomic mass is 16.6.